The van der Waals surface area contributed by atoms with Crippen molar-refractivity contribution in [3.63, 3.8) is 0 Å². The molecule has 2 aliphatic rings. The number of carbonyl (C=O) groups excluding carboxylic acids is 1. The second kappa shape index (κ2) is 6.39. The van der Waals surface area contributed by atoms with Gasteiger partial charge in [0, 0.05) is 31.5 Å². The summed E-state index contributed by atoms with van der Waals surface area (Å²) >= 11 is 0. The van der Waals surface area contributed by atoms with E-state index in [-0.39, 0.29) is 23.5 Å². The third-order valence-corrected chi connectivity index (χ3v) is 5.36. The molecule has 4 heteroatoms. The molecule has 120 valence electrons. The quantitative estimate of drug-likeness (QED) is 0.925. The van der Waals surface area contributed by atoms with Gasteiger partial charge in [-0.25, -0.2) is 0 Å². The maximum atomic E-state index is 12.4. The first-order valence-electron chi connectivity index (χ1n) is 8.27. The second-order valence-electron chi connectivity index (χ2n) is 6.47. The highest BCUT2D eigenvalue weighted by Crippen LogP contribution is 2.50. The minimum atomic E-state index is -0.268. The van der Waals surface area contributed by atoms with Crippen LogP contribution in [0.3, 0.4) is 0 Å². The number of hydrogen-bond acceptors (Lipinski definition) is 3. The van der Waals surface area contributed by atoms with Gasteiger partial charge in [0.1, 0.15) is 0 Å². The van der Waals surface area contributed by atoms with E-state index in [0.717, 1.165) is 37.9 Å². The van der Waals surface area contributed by atoms with Crippen molar-refractivity contribution in [2.75, 3.05) is 19.7 Å². The highest BCUT2D eigenvalue weighted by molar-refractivity contribution is 5.78. The average Bonchev–Trinajstić information content (AvgIpc) is 2.56. The molecule has 1 spiro atoms. The van der Waals surface area contributed by atoms with Crippen LogP contribution in [-0.2, 0) is 16.0 Å². The van der Waals surface area contributed by atoms with Crippen molar-refractivity contribution in [3.8, 4) is 0 Å². The molecule has 0 aromatic heterocycles. The van der Waals surface area contributed by atoms with E-state index >= 15 is 0 Å². The first-order chi connectivity index (χ1) is 10.7. The van der Waals surface area contributed by atoms with Crippen molar-refractivity contribution < 1.29 is 14.6 Å². The Hall–Kier alpha value is -1.39. The second-order valence-corrected chi connectivity index (χ2v) is 6.47. The molecule has 1 saturated heterocycles. The zero-order valence-corrected chi connectivity index (χ0v) is 13.2. The van der Waals surface area contributed by atoms with E-state index in [1.54, 1.807) is 0 Å². The van der Waals surface area contributed by atoms with Crippen LogP contribution in [0.15, 0.2) is 30.3 Å². The van der Waals surface area contributed by atoms with Crippen LogP contribution in [-0.4, -0.2) is 47.8 Å². The summed E-state index contributed by atoms with van der Waals surface area (Å²) in [7, 11) is 0. The SMILES string of the molecule is CCO[C@@H]1C[C@H](O)C12CCN(C(=O)Cc1ccccc1)CC2. The summed E-state index contributed by atoms with van der Waals surface area (Å²) in [6.45, 7) is 4.14. The van der Waals surface area contributed by atoms with Crippen LogP contribution in [0.25, 0.3) is 0 Å². The van der Waals surface area contributed by atoms with E-state index < -0.39 is 0 Å². The lowest BCUT2D eigenvalue weighted by molar-refractivity contribution is -0.210. The molecule has 0 unspecified atom stereocenters. The van der Waals surface area contributed by atoms with E-state index in [9.17, 15) is 9.90 Å². The molecule has 1 aliphatic heterocycles. The lowest BCUT2D eigenvalue weighted by Gasteiger charge is -2.56. The fourth-order valence-electron chi connectivity index (χ4n) is 3.87. The number of piperidine rings is 1. The highest BCUT2D eigenvalue weighted by atomic mass is 16.5. The molecule has 1 heterocycles. The van der Waals surface area contributed by atoms with Crippen LogP contribution in [0.5, 0.6) is 0 Å². The van der Waals surface area contributed by atoms with Gasteiger partial charge in [-0.3, -0.25) is 4.79 Å². The van der Waals surface area contributed by atoms with Gasteiger partial charge in [-0.2, -0.15) is 0 Å². The van der Waals surface area contributed by atoms with Gasteiger partial charge in [-0.15, -0.1) is 0 Å². The highest BCUT2D eigenvalue weighted by Gasteiger charge is 2.56. The van der Waals surface area contributed by atoms with Gasteiger partial charge >= 0.3 is 0 Å². The minimum Gasteiger partial charge on any atom is -0.392 e. The topological polar surface area (TPSA) is 49.8 Å². The lowest BCUT2D eigenvalue weighted by Crippen LogP contribution is -2.62. The standard InChI is InChI=1S/C18H25NO3/c1-2-22-16-13-15(20)18(16)8-10-19(11-9-18)17(21)12-14-6-4-3-5-7-14/h3-7,15-16,20H,2,8-13H2,1H3/t15-,16+/m0/s1. The van der Waals surface area contributed by atoms with E-state index in [2.05, 4.69) is 0 Å². The molecule has 0 bridgehead atoms. The summed E-state index contributed by atoms with van der Waals surface area (Å²) in [6.07, 6.45) is 2.80. The first kappa shape index (κ1) is 15.5. The predicted octanol–water partition coefficient (Wildman–Crippen LogP) is 2.01. The molecule has 0 radical (unpaired) electrons. The van der Waals surface area contributed by atoms with Gasteiger partial charge in [-0.05, 0) is 25.3 Å². The van der Waals surface area contributed by atoms with Gasteiger partial charge in [0.2, 0.25) is 5.91 Å². The number of nitrogens with zero attached hydrogens (tertiary/aromatic N) is 1. The number of benzene rings is 1. The molecule has 22 heavy (non-hydrogen) atoms. The number of aliphatic hydroxyl groups is 1. The van der Waals surface area contributed by atoms with Gasteiger partial charge in [0.05, 0.1) is 18.6 Å². The Balaban J connectivity index is 1.56. The number of ether oxygens (including phenoxy) is 1. The maximum absolute atomic E-state index is 12.4. The van der Waals surface area contributed by atoms with E-state index in [1.807, 2.05) is 42.2 Å². The molecule has 1 aliphatic carbocycles. The Morgan fingerprint density at radius 3 is 2.59 bits per heavy atom. The largest absolute Gasteiger partial charge is 0.392 e. The number of carbonyl (C=O) groups is 1. The Labute approximate surface area is 132 Å². The molecule has 4 nitrogen and oxygen atoms in total. The molecule has 1 aromatic carbocycles. The third-order valence-electron chi connectivity index (χ3n) is 5.36. The summed E-state index contributed by atoms with van der Waals surface area (Å²) in [6, 6.07) is 9.87. The van der Waals surface area contributed by atoms with Crippen molar-refractivity contribution >= 4 is 5.91 Å². The summed E-state index contributed by atoms with van der Waals surface area (Å²) < 4.78 is 5.77. The zero-order chi connectivity index (χ0) is 15.6. The van der Waals surface area contributed by atoms with Crippen LogP contribution in [0.1, 0.15) is 31.7 Å². The van der Waals surface area contributed by atoms with Crippen LogP contribution in [0.4, 0.5) is 0 Å². The van der Waals surface area contributed by atoms with E-state index in [1.165, 1.54) is 0 Å². The molecule has 1 saturated carbocycles. The van der Waals surface area contributed by atoms with E-state index in [4.69, 9.17) is 4.74 Å². The molecule has 1 amide bonds. The minimum absolute atomic E-state index is 0.112. The van der Waals surface area contributed by atoms with Gasteiger partial charge in [-0.1, -0.05) is 30.3 Å². The summed E-state index contributed by atoms with van der Waals surface area (Å²) in [5.74, 6) is 0.183. The van der Waals surface area contributed by atoms with Gasteiger partial charge < -0.3 is 14.7 Å². The number of rotatable bonds is 4. The average molecular weight is 303 g/mol. The Bertz CT molecular complexity index is 506. The van der Waals surface area contributed by atoms with Crippen LogP contribution in [0.2, 0.25) is 0 Å². The third kappa shape index (κ3) is 2.77. The van der Waals surface area contributed by atoms with Gasteiger partial charge in [0.25, 0.3) is 0 Å². The Kier molecular flexibility index (Phi) is 4.50. The normalized spacial score (nSPS) is 26.7. The number of hydrogen-bond donors (Lipinski definition) is 1. The van der Waals surface area contributed by atoms with Crippen molar-refractivity contribution in [1.82, 2.24) is 4.90 Å². The molecule has 2 fully saturated rings. The van der Waals surface area contributed by atoms with Crippen molar-refractivity contribution in [1.29, 1.82) is 0 Å². The first-order valence-corrected chi connectivity index (χ1v) is 8.27. The van der Waals surface area contributed by atoms with Crippen molar-refractivity contribution in [2.24, 2.45) is 5.41 Å². The molecule has 1 N–H and O–H groups in total. The molecular weight excluding hydrogens is 278 g/mol. The number of aliphatic hydroxyl groups excluding tert-OH is 1. The molecule has 3 rings (SSSR count). The number of amides is 1. The van der Waals surface area contributed by atoms with Crippen LogP contribution >= 0.6 is 0 Å². The Morgan fingerprint density at radius 2 is 2.00 bits per heavy atom. The van der Waals surface area contributed by atoms with Crippen LogP contribution in [0, 0.1) is 5.41 Å². The van der Waals surface area contributed by atoms with Crippen molar-refractivity contribution in [3.05, 3.63) is 35.9 Å². The zero-order valence-electron chi connectivity index (χ0n) is 13.2. The summed E-state index contributed by atoms with van der Waals surface area (Å²) in [5.41, 5.74) is 0.947. The summed E-state index contributed by atoms with van der Waals surface area (Å²) in [4.78, 5) is 14.3. The fraction of sp³-hybridized carbons (Fsp3) is 0.611. The Morgan fingerprint density at radius 1 is 1.32 bits per heavy atom. The summed E-state index contributed by atoms with van der Waals surface area (Å²) in [5, 5.41) is 10.2. The number of likely N-dealkylation sites (tertiary alicyclic amines) is 1. The maximum Gasteiger partial charge on any atom is 0.226 e. The van der Waals surface area contributed by atoms with E-state index in [0.29, 0.717) is 13.0 Å². The van der Waals surface area contributed by atoms with Gasteiger partial charge in [0.15, 0.2) is 0 Å². The smallest absolute Gasteiger partial charge is 0.226 e. The molecular formula is C18H25NO3. The molecule has 2 atom stereocenters. The lowest BCUT2D eigenvalue weighted by atomic mass is 9.58. The monoisotopic (exact) mass is 303 g/mol. The fourth-order valence-corrected chi connectivity index (χ4v) is 3.87. The van der Waals surface area contributed by atoms with Crippen molar-refractivity contribution in [2.45, 2.75) is 44.8 Å². The predicted molar refractivity (Wildman–Crippen MR) is 84.4 cm³/mol. The van der Waals surface area contributed by atoms with Crippen LogP contribution < -0.4 is 0 Å². The molecule has 1 aromatic rings.